The first-order chi connectivity index (χ1) is 6.76. The molecule has 76 valence electrons. The highest BCUT2D eigenvalue weighted by molar-refractivity contribution is 8.76. The Bertz CT molecular complexity index is 300. The van der Waals surface area contributed by atoms with E-state index < -0.39 is 0 Å². The fraction of sp³-hybridized carbons (Fsp3) is 0.222. The fourth-order valence-corrected chi connectivity index (χ4v) is 2.35. The molecule has 0 radical (unpaired) electrons. The van der Waals surface area contributed by atoms with E-state index in [2.05, 4.69) is 5.43 Å². The molecular formula is C9H12N2OS2. The fourth-order valence-electron chi connectivity index (χ4n) is 0.996. The minimum Gasteiger partial charge on any atom is -0.294 e. The van der Waals surface area contributed by atoms with Crippen LogP contribution in [0.15, 0.2) is 29.2 Å². The summed E-state index contributed by atoms with van der Waals surface area (Å²) in [4.78, 5) is 12.1. The van der Waals surface area contributed by atoms with Crippen molar-refractivity contribution in [2.45, 2.75) is 11.3 Å². The highest BCUT2D eigenvalue weighted by Crippen LogP contribution is 2.28. The van der Waals surface area contributed by atoms with Crippen molar-refractivity contribution in [3.8, 4) is 0 Å². The molecule has 5 heteroatoms. The second kappa shape index (κ2) is 5.95. The molecule has 0 bridgehead atoms. The summed E-state index contributed by atoms with van der Waals surface area (Å²) >= 11 is 0. The molecular weight excluding hydrogens is 216 g/mol. The molecule has 1 amide bonds. The first kappa shape index (κ1) is 11.4. The van der Waals surface area contributed by atoms with Crippen LogP contribution in [0.4, 0.5) is 0 Å². The minimum absolute atomic E-state index is 0.171. The zero-order valence-electron chi connectivity index (χ0n) is 7.82. The first-order valence-corrected chi connectivity index (χ1v) is 6.61. The predicted molar refractivity (Wildman–Crippen MR) is 61.8 cm³/mol. The van der Waals surface area contributed by atoms with Gasteiger partial charge in [-0.25, -0.2) is 5.84 Å². The Morgan fingerprint density at radius 3 is 2.57 bits per heavy atom. The quantitative estimate of drug-likeness (QED) is 0.356. The van der Waals surface area contributed by atoms with Crippen molar-refractivity contribution in [3.05, 3.63) is 29.8 Å². The maximum atomic E-state index is 10.9. The molecule has 3 nitrogen and oxygen atoms in total. The molecule has 0 saturated carbocycles. The lowest BCUT2D eigenvalue weighted by atomic mass is 10.1. The average molecular weight is 228 g/mol. The van der Waals surface area contributed by atoms with Crippen molar-refractivity contribution in [1.82, 2.24) is 5.43 Å². The normalized spacial score (nSPS) is 9.86. The molecule has 14 heavy (non-hydrogen) atoms. The van der Waals surface area contributed by atoms with Crippen LogP contribution < -0.4 is 11.3 Å². The van der Waals surface area contributed by atoms with Gasteiger partial charge in [-0.1, -0.05) is 33.7 Å². The molecule has 0 spiro atoms. The first-order valence-electron chi connectivity index (χ1n) is 4.05. The molecule has 0 atom stereocenters. The Morgan fingerprint density at radius 1 is 1.43 bits per heavy atom. The Kier molecular flexibility index (Phi) is 4.86. The molecule has 0 aliphatic heterocycles. The second-order valence-electron chi connectivity index (χ2n) is 2.64. The number of hydrogen-bond acceptors (Lipinski definition) is 4. The summed E-state index contributed by atoms with van der Waals surface area (Å²) in [6.07, 6.45) is 2.36. The van der Waals surface area contributed by atoms with Gasteiger partial charge in [0.05, 0.1) is 6.42 Å². The Balaban J connectivity index is 2.59. The van der Waals surface area contributed by atoms with Crippen molar-refractivity contribution in [2.24, 2.45) is 5.84 Å². The van der Waals surface area contributed by atoms with Crippen LogP contribution in [0.5, 0.6) is 0 Å². The van der Waals surface area contributed by atoms with Crippen LogP contribution in [0.3, 0.4) is 0 Å². The van der Waals surface area contributed by atoms with E-state index in [0.717, 1.165) is 5.56 Å². The Hall–Kier alpha value is -0.650. The van der Waals surface area contributed by atoms with E-state index in [9.17, 15) is 4.79 Å². The van der Waals surface area contributed by atoms with Crippen molar-refractivity contribution in [2.75, 3.05) is 6.26 Å². The van der Waals surface area contributed by atoms with Crippen LogP contribution >= 0.6 is 21.6 Å². The topological polar surface area (TPSA) is 55.1 Å². The summed E-state index contributed by atoms with van der Waals surface area (Å²) in [6, 6.07) is 7.88. The summed E-state index contributed by atoms with van der Waals surface area (Å²) in [5.41, 5.74) is 3.08. The van der Waals surface area contributed by atoms with Crippen molar-refractivity contribution in [3.63, 3.8) is 0 Å². The molecule has 1 aromatic rings. The van der Waals surface area contributed by atoms with Gasteiger partial charge in [0, 0.05) is 4.90 Å². The number of amides is 1. The lowest BCUT2D eigenvalue weighted by Gasteiger charge is -2.01. The summed E-state index contributed by atoms with van der Waals surface area (Å²) in [6.45, 7) is 0. The maximum absolute atomic E-state index is 10.9. The minimum atomic E-state index is -0.171. The van der Waals surface area contributed by atoms with E-state index in [0.29, 0.717) is 6.42 Å². The molecule has 0 aliphatic carbocycles. The molecule has 0 heterocycles. The van der Waals surface area contributed by atoms with E-state index in [1.807, 2.05) is 30.5 Å². The molecule has 0 fully saturated rings. The summed E-state index contributed by atoms with van der Waals surface area (Å²) in [5.74, 6) is 4.82. The van der Waals surface area contributed by atoms with Gasteiger partial charge in [0.1, 0.15) is 0 Å². The number of rotatable bonds is 4. The van der Waals surface area contributed by atoms with Crippen LogP contribution in [-0.4, -0.2) is 12.2 Å². The van der Waals surface area contributed by atoms with E-state index in [-0.39, 0.29) is 5.91 Å². The predicted octanol–water partition coefficient (Wildman–Crippen LogP) is 1.59. The number of benzene rings is 1. The van der Waals surface area contributed by atoms with Gasteiger partial charge in [0.15, 0.2) is 0 Å². The third-order valence-electron chi connectivity index (χ3n) is 1.63. The summed E-state index contributed by atoms with van der Waals surface area (Å²) in [5, 5.41) is 0. The largest absolute Gasteiger partial charge is 0.294 e. The third kappa shape index (κ3) is 3.61. The number of carbonyl (C=O) groups is 1. The molecule has 3 N–H and O–H groups in total. The average Bonchev–Trinajstić information content (AvgIpc) is 2.21. The zero-order chi connectivity index (χ0) is 10.4. The van der Waals surface area contributed by atoms with Gasteiger partial charge in [0.25, 0.3) is 0 Å². The number of hydrazine groups is 1. The smallest absolute Gasteiger partial charge is 0.238 e. The van der Waals surface area contributed by atoms with Crippen molar-refractivity contribution in [1.29, 1.82) is 0 Å². The lowest BCUT2D eigenvalue weighted by Crippen LogP contribution is -2.31. The van der Waals surface area contributed by atoms with Crippen molar-refractivity contribution >= 4 is 27.5 Å². The van der Waals surface area contributed by atoms with Gasteiger partial charge < -0.3 is 0 Å². The number of carbonyl (C=O) groups excluding carboxylic acids is 1. The molecule has 1 rings (SSSR count). The SMILES string of the molecule is CSSc1ccc(CC(=O)NN)cc1. The highest BCUT2D eigenvalue weighted by Gasteiger charge is 2.00. The maximum Gasteiger partial charge on any atom is 0.238 e. The number of hydrogen-bond donors (Lipinski definition) is 2. The molecule has 0 saturated heterocycles. The number of nitrogens with one attached hydrogen (secondary N) is 1. The zero-order valence-corrected chi connectivity index (χ0v) is 9.45. The van der Waals surface area contributed by atoms with Gasteiger partial charge in [0.2, 0.25) is 5.91 Å². The van der Waals surface area contributed by atoms with Crippen LogP contribution in [0.2, 0.25) is 0 Å². The van der Waals surface area contributed by atoms with Gasteiger partial charge in [-0.15, -0.1) is 0 Å². The lowest BCUT2D eigenvalue weighted by molar-refractivity contribution is -0.120. The van der Waals surface area contributed by atoms with Crippen LogP contribution in [-0.2, 0) is 11.2 Å². The van der Waals surface area contributed by atoms with Gasteiger partial charge in [-0.3, -0.25) is 10.2 Å². The van der Waals surface area contributed by atoms with Gasteiger partial charge in [-0.2, -0.15) is 0 Å². The molecule has 0 aliphatic rings. The molecule has 0 unspecified atom stereocenters. The highest BCUT2D eigenvalue weighted by atomic mass is 33.1. The van der Waals surface area contributed by atoms with Gasteiger partial charge in [-0.05, 0) is 24.0 Å². The molecule has 1 aromatic carbocycles. The van der Waals surface area contributed by atoms with Crippen LogP contribution in [0.1, 0.15) is 5.56 Å². The monoisotopic (exact) mass is 228 g/mol. The van der Waals surface area contributed by atoms with Crippen LogP contribution in [0, 0.1) is 0 Å². The van der Waals surface area contributed by atoms with E-state index in [4.69, 9.17) is 5.84 Å². The van der Waals surface area contributed by atoms with E-state index in [1.165, 1.54) is 4.90 Å². The third-order valence-corrected chi connectivity index (χ3v) is 3.34. The second-order valence-corrected chi connectivity index (χ2v) is 5.11. The van der Waals surface area contributed by atoms with E-state index in [1.54, 1.807) is 21.6 Å². The summed E-state index contributed by atoms with van der Waals surface area (Å²) in [7, 11) is 3.40. The Labute approximate surface area is 91.2 Å². The van der Waals surface area contributed by atoms with Gasteiger partial charge >= 0.3 is 0 Å². The van der Waals surface area contributed by atoms with Crippen molar-refractivity contribution < 1.29 is 4.79 Å². The van der Waals surface area contributed by atoms with E-state index >= 15 is 0 Å². The standard InChI is InChI=1S/C9H12N2OS2/c1-13-14-8-4-2-7(3-5-8)6-9(12)11-10/h2-5H,6,10H2,1H3,(H,11,12). The molecule has 0 aromatic heterocycles. The van der Waals surface area contributed by atoms with Crippen LogP contribution in [0.25, 0.3) is 0 Å². The Morgan fingerprint density at radius 2 is 2.07 bits per heavy atom. The summed E-state index contributed by atoms with van der Waals surface area (Å²) < 4.78 is 0. The number of nitrogens with two attached hydrogens (primary N) is 1.